The molecule has 0 saturated carbocycles. The summed E-state index contributed by atoms with van der Waals surface area (Å²) in [4.78, 5) is 0. The molecule has 0 fully saturated rings. The number of hydrogen-bond donors (Lipinski definition) is 2. The van der Waals surface area contributed by atoms with Crippen LogP contribution in [-0.2, 0) is 6.54 Å². The molecule has 18 heavy (non-hydrogen) atoms. The van der Waals surface area contributed by atoms with E-state index in [9.17, 15) is 5.11 Å². The second-order valence-electron chi connectivity index (χ2n) is 4.01. The van der Waals surface area contributed by atoms with Gasteiger partial charge >= 0.3 is 0 Å². The Bertz CT molecular complexity index is 514. The van der Waals surface area contributed by atoms with E-state index in [1.54, 1.807) is 35.6 Å². The summed E-state index contributed by atoms with van der Waals surface area (Å²) in [5.74, 6) is 0. The summed E-state index contributed by atoms with van der Waals surface area (Å²) in [6.07, 6.45) is -0.545. The number of thiophene rings is 1. The molecule has 0 amide bonds. The second-order valence-corrected chi connectivity index (χ2v) is 4.79. The predicted molar refractivity (Wildman–Crippen MR) is 72.1 cm³/mol. The number of aliphatic hydroxyl groups is 1. The van der Waals surface area contributed by atoms with Crippen LogP contribution in [0.15, 0.2) is 41.1 Å². The topological polar surface area (TPSA) is 56.0 Å². The minimum absolute atomic E-state index is 0.502. The van der Waals surface area contributed by atoms with Crippen molar-refractivity contribution in [3.63, 3.8) is 0 Å². The number of aliphatic hydroxyl groups excluding tert-OH is 1. The lowest BCUT2D eigenvalue weighted by Crippen LogP contribution is -2.20. The van der Waals surface area contributed by atoms with E-state index in [2.05, 4.69) is 22.8 Å². The highest BCUT2D eigenvalue weighted by Crippen LogP contribution is 2.13. The Balaban J connectivity index is 1.83. The van der Waals surface area contributed by atoms with Gasteiger partial charge in [-0.05, 0) is 40.1 Å². The largest absolute Gasteiger partial charge is 0.387 e. The maximum atomic E-state index is 9.97. The first-order chi connectivity index (χ1) is 8.79. The third-order valence-corrected chi connectivity index (χ3v) is 3.40. The summed E-state index contributed by atoms with van der Waals surface area (Å²) in [5, 5.41) is 26.0. The fourth-order valence-electron chi connectivity index (χ4n) is 1.64. The summed E-state index contributed by atoms with van der Waals surface area (Å²) < 4.78 is 0. The molecule has 1 atom stereocenters. The molecular formula is C14H14N2OS. The Morgan fingerprint density at radius 2 is 2.06 bits per heavy atom. The monoisotopic (exact) mass is 258 g/mol. The van der Waals surface area contributed by atoms with Gasteiger partial charge in [-0.25, -0.2) is 0 Å². The highest BCUT2D eigenvalue weighted by molar-refractivity contribution is 7.07. The Hall–Kier alpha value is -1.67. The van der Waals surface area contributed by atoms with Crippen molar-refractivity contribution in [1.29, 1.82) is 5.26 Å². The number of nitrogens with one attached hydrogen (secondary N) is 1. The number of benzene rings is 1. The summed E-state index contributed by atoms with van der Waals surface area (Å²) in [7, 11) is 0. The quantitative estimate of drug-likeness (QED) is 0.866. The molecule has 0 radical (unpaired) electrons. The van der Waals surface area contributed by atoms with Crippen LogP contribution in [0.4, 0.5) is 0 Å². The lowest BCUT2D eigenvalue weighted by molar-refractivity contribution is 0.174. The lowest BCUT2D eigenvalue weighted by atomic mass is 10.1. The summed E-state index contributed by atoms with van der Waals surface area (Å²) in [5.41, 5.74) is 2.66. The molecule has 92 valence electrons. The molecule has 1 unspecified atom stereocenters. The van der Waals surface area contributed by atoms with Crippen LogP contribution in [-0.4, -0.2) is 11.7 Å². The molecular weight excluding hydrogens is 244 g/mol. The third kappa shape index (κ3) is 3.41. The minimum atomic E-state index is -0.545. The van der Waals surface area contributed by atoms with Gasteiger partial charge in [0.2, 0.25) is 0 Å². The van der Waals surface area contributed by atoms with Gasteiger partial charge in [0, 0.05) is 13.1 Å². The van der Waals surface area contributed by atoms with Crippen molar-refractivity contribution in [1.82, 2.24) is 5.32 Å². The number of rotatable bonds is 5. The second kappa shape index (κ2) is 6.31. The number of nitrogens with zero attached hydrogens (tertiary/aromatic N) is 1. The molecule has 2 rings (SSSR count). The van der Waals surface area contributed by atoms with Crippen LogP contribution in [0.2, 0.25) is 0 Å². The zero-order chi connectivity index (χ0) is 12.8. The first-order valence-corrected chi connectivity index (χ1v) is 6.64. The van der Waals surface area contributed by atoms with Gasteiger partial charge in [-0.15, -0.1) is 0 Å². The van der Waals surface area contributed by atoms with E-state index in [1.807, 2.05) is 5.38 Å². The van der Waals surface area contributed by atoms with Gasteiger partial charge in [0.25, 0.3) is 0 Å². The molecule has 0 aliphatic rings. The Morgan fingerprint density at radius 1 is 1.28 bits per heavy atom. The fraction of sp³-hybridized carbons (Fsp3) is 0.214. The standard InChI is InChI=1S/C14H14N2OS/c15-7-11-1-3-13(4-2-11)14(17)9-16-8-12-5-6-18-10-12/h1-6,10,14,16-17H,8-9H2. The van der Waals surface area contributed by atoms with Gasteiger partial charge in [0.05, 0.1) is 17.7 Å². The molecule has 1 heterocycles. The van der Waals surface area contributed by atoms with Gasteiger partial charge in [-0.3, -0.25) is 0 Å². The van der Waals surface area contributed by atoms with Gasteiger partial charge in [-0.2, -0.15) is 16.6 Å². The maximum absolute atomic E-state index is 9.97. The lowest BCUT2D eigenvalue weighted by Gasteiger charge is -2.11. The van der Waals surface area contributed by atoms with Crippen molar-refractivity contribution in [2.24, 2.45) is 0 Å². The van der Waals surface area contributed by atoms with E-state index in [-0.39, 0.29) is 0 Å². The van der Waals surface area contributed by atoms with E-state index in [0.717, 1.165) is 12.1 Å². The third-order valence-electron chi connectivity index (χ3n) is 2.67. The molecule has 1 aromatic heterocycles. The highest BCUT2D eigenvalue weighted by atomic mass is 32.1. The van der Waals surface area contributed by atoms with Crippen LogP contribution in [0.3, 0.4) is 0 Å². The zero-order valence-corrected chi connectivity index (χ0v) is 10.7. The first kappa shape index (κ1) is 12.8. The molecule has 0 saturated heterocycles. The van der Waals surface area contributed by atoms with E-state index in [0.29, 0.717) is 12.1 Å². The molecule has 0 bridgehead atoms. The van der Waals surface area contributed by atoms with Gasteiger partial charge in [0.15, 0.2) is 0 Å². The van der Waals surface area contributed by atoms with Gasteiger partial charge in [0.1, 0.15) is 0 Å². The summed E-state index contributed by atoms with van der Waals surface area (Å²) >= 11 is 1.67. The van der Waals surface area contributed by atoms with Gasteiger partial charge < -0.3 is 10.4 Å². The van der Waals surface area contributed by atoms with E-state index in [1.165, 1.54) is 5.56 Å². The van der Waals surface area contributed by atoms with E-state index < -0.39 is 6.10 Å². The Kier molecular flexibility index (Phi) is 4.48. The molecule has 2 N–H and O–H groups in total. The first-order valence-electron chi connectivity index (χ1n) is 5.69. The van der Waals surface area contributed by atoms with Gasteiger partial charge in [-0.1, -0.05) is 12.1 Å². The van der Waals surface area contributed by atoms with Crippen molar-refractivity contribution in [2.45, 2.75) is 12.6 Å². The van der Waals surface area contributed by atoms with E-state index >= 15 is 0 Å². The van der Waals surface area contributed by atoms with E-state index in [4.69, 9.17) is 5.26 Å². The van der Waals surface area contributed by atoms with Crippen LogP contribution >= 0.6 is 11.3 Å². The normalized spacial score (nSPS) is 12.0. The van der Waals surface area contributed by atoms with Crippen molar-refractivity contribution < 1.29 is 5.11 Å². The van der Waals surface area contributed by atoms with Crippen molar-refractivity contribution in [2.75, 3.05) is 6.54 Å². The van der Waals surface area contributed by atoms with Crippen molar-refractivity contribution >= 4 is 11.3 Å². The van der Waals surface area contributed by atoms with Crippen LogP contribution in [0.1, 0.15) is 22.8 Å². The molecule has 2 aromatic rings. The van der Waals surface area contributed by atoms with Crippen LogP contribution in [0.25, 0.3) is 0 Å². The highest BCUT2D eigenvalue weighted by Gasteiger charge is 2.06. The average molecular weight is 258 g/mol. The summed E-state index contributed by atoms with van der Waals surface area (Å²) in [6, 6.07) is 11.1. The molecule has 3 nitrogen and oxygen atoms in total. The smallest absolute Gasteiger partial charge is 0.0991 e. The molecule has 1 aromatic carbocycles. The van der Waals surface area contributed by atoms with Crippen molar-refractivity contribution in [3.05, 3.63) is 57.8 Å². The average Bonchev–Trinajstić information content (AvgIpc) is 2.92. The summed E-state index contributed by atoms with van der Waals surface area (Å²) in [6.45, 7) is 1.26. The molecule has 0 aliphatic carbocycles. The van der Waals surface area contributed by atoms with Crippen LogP contribution < -0.4 is 5.32 Å². The molecule has 4 heteroatoms. The van der Waals surface area contributed by atoms with Crippen LogP contribution in [0, 0.1) is 11.3 Å². The molecule has 0 aliphatic heterocycles. The molecule has 0 spiro atoms. The fourth-order valence-corrected chi connectivity index (χ4v) is 2.31. The van der Waals surface area contributed by atoms with Crippen LogP contribution in [0.5, 0.6) is 0 Å². The number of nitriles is 1. The zero-order valence-electron chi connectivity index (χ0n) is 9.84. The maximum Gasteiger partial charge on any atom is 0.0991 e. The Morgan fingerprint density at radius 3 is 2.67 bits per heavy atom. The number of hydrogen-bond acceptors (Lipinski definition) is 4. The predicted octanol–water partition coefficient (Wildman–Crippen LogP) is 2.44. The minimum Gasteiger partial charge on any atom is -0.387 e. The Labute approximate surface area is 110 Å². The SMILES string of the molecule is N#Cc1ccc(C(O)CNCc2ccsc2)cc1. The van der Waals surface area contributed by atoms with Crippen molar-refractivity contribution in [3.8, 4) is 6.07 Å².